The predicted octanol–water partition coefficient (Wildman–Crippen LogP) is 7.62. The summed E-state index contributed by atoms with van der Waals surface area (Å²) in [7, 11) is 0. The molecule has 31 heavy (non-hydrogen) atoms. The molecular formula is C27H21ClN2S. The van der Waals surface area contributed by atoms with Crippen LogP contribution in [0.5, 0.6) is 0 Å². The van der Waals surface area contributed by atoms with E-state index in [-0.39, 0.29) is 5.25 Å². The normalized spacial score (nSPS) is 11.3. The summed E-state index contributed by atoms with van der Waals surface area (Å²) in [5, 5.41) is 1.83. The molecule has 0 unspecified atom stereocenters. The first-order valence-electron chi connectivity index (χ1n) is 10.2. The number of imidazole rings is 1. The lowest BCUT2D eigenvalue weighted by Gasteiger charge is -2.18. The van der Waals surface area contributed by atoms with E-state index in [0.29, 0.717) is 5.02 Å². The molecule has 5 aromatic rings. The lowest BCUT2D eigenvalue weighted by atomic mass is 10.0. The lowest BCUT2D eigenvalue weighted by molar-refractivity contribution is 0.729. The number of hydrogen-bond donors (Lipinski definition) is 0. The Morgan fingerprint density at radius 1 is 0.742 bits per heavy atom. The van der Waals surface area contributed by atoms with E-state index >= 15 is 0 Å². The second-order valence-corrected chi connectivity index (χ2v) is 8.93. The van der Waals surface area contributed by atoms with E-state index in [1.807, 2.05) is 18.2 Å². The molecule has 1 aromatic heterocycles. The van der Waals surface area contributed by atoms with Gasteiger partial charge in [0.2, 0.25) is 0 Å². The van der Waals surface area contributed by atoms with Crippen LogP contribution in [0.15, 0.2) is 114 Å². The number of thioether (sulfide) groups is 1. The molecule has 0 aliphatic heterocycles. The van der Waals surface area contributed by atoms with Crippen LogP contribution in [-0.2, 0) is 6.54 Å². The van der Waals surface area contributed by atoms with Crippen molar-refractivity contribution >= 4 is 34.4 Å². The summed E-state index contributed by atoms with van der Waals surface area (Å²) in [6, 6.07) is 37.7. The minimum atomic E-state index is 0.143. The van der Waals surface area contributed by atoms with E-state index in [2.05, 4.69) is 95.6 Å². The summed E-state index contributed by atoms with van der Waals surface area (Å²) in [4.78, 5) is 5.00. The van der Waals surface area contributed by atoms with Crippen LogP contribution in [0.1, 0.15) is 21.9 Å². The lowest BCUT2D eigenvalue weighted by Crippen LogP contribution is -2.04. The second kappa shape index (κ2) is 9.01. The zero-order valence-electron chi connectivity index (χ0n) is 16.9. The molecule has 0 saturated heterocycles. The molecule has 0 atom stereocenters. The van der Waals surface area contributed by atoms with E-state index in [9.17, 15) is 0 Å². The Labute approximate surface area is 191 Å². The fourth-order valence-corrected chi connectivity index (χ4v) is 5.18. The van der Waals surface area contributed by atoms with E-state index in [0.717, 1.165) is 22.7 Å². The smallest absolute Gasteiger partial charge is 0.170 e. The van der Waals surface area contributed by atoms with Crippen LogP contribution in [0.3, 0.4) is 0 Å². The van der Waals surface area contributed by atoms with Gasteiger partial charge in [0.05, 0.1) is 22.8 Å². The molecule has 2 nitrogen and oxygen atoms in total. The maximum absolute atomic E-state index is 6.28. The summed E-state index contributed by atoms with van der Waals surface area (Å²) in [5.41, 5.74) is 5.78. The van der Waals surface area contributed by atoms with Crippen LogP contribution in [0.4, 0.5) is 0 Å². The molecule has 4 aromatic carbocycles. The zero-order valence-corrected chi connectivity index (χ0v) is 18.4. The predicted molar refractivity (Wildman–Crippen MR) is 131 cm³/mol. The van der Waals surface area contributed by atoms with Crippen molar-refractivity contribution in [3.63, 3.8) is 0 Å². The standard InChI is InChI=1S/C27H21ClN2S/c28-23-16-17-25-24(18-23)29-27(30(25)19-20-10-4-1-5-11-20)31-26(21-12-6-2-7-13-21)22-14-8-3-9-15-22/h1-18,26H,19H2. The first-order valence-corrected chi connectivity index (χ1v) is 11.5. The van der Waals surface area contributed by atoms with Crippen molar-refractivity contribution in [1.29, 1.82) is 0 Å². The highest BCUT2D eigenvalue weighted by molar-refractivity contribution is 7.99. The summed E-state index contributed by atoms with van der Waals surface area (Å²) in [6.07, 6.45) is 0. The molecule has 5 rings (SSSR count). The topological polar surface area (TPSA) is 17.8 Å². The summed E-state index contributed by atoms with van der Waals surface area (Å²) < 4.78 is 2.30. The average molecular weight is 441 g/mol. The van der Waals surface area contributed by atoms with Crippen LogP contribution in [0, 0.1) is 0 Å². The van der Waals surface area contributed by atoms with Crippen LogP contribution in [0.2, 0.25) is 5.02 Å². The van der Waals surface area contributed by atoms with Gasteiger partial charge in [0.1, 0.15) is 0 Å². The third-order valence-corrected chi connectivity index (χ3v) is 6.82. The molecule has 0 radical (unpaired) electrons. The quantitative estimate of drug-likeness (QED) is 0.253. The van der Waals surface area contributed by atoms with Gasteiger partial charge in [0.25, 0.3) is 0 Å². The van der Waals surface area contributed by atoms with Crippen molar-refractivity contribution < 1.29 is 0 Å². The van der Waals surface area contributed by atoms with E-state index < -0.39 is 0 Å². The Balaban J connectivity index is 1.61. The maximum Gasteiger partial charge on any atom is 0.170 e. The molecule has 0 spiro atoms. The molecule has 152 valence electrons. The molecule has 0 amide bonds. The molecule has 0 saturated carbocycles. The zero-order chi connectivity index (χ0) is 21.0. The third kappa shape index (κ3) is 4.39. The van der Waals surface area contributed by atoms with Gasteiger partial charge in [0, 0.05) is 5.02 Å². The van der Waals surface area contributed by atoms with E-state index in [4.69, 9.17) is 16.6 Å². The Morgan fingerprint density at radius 3 is 1.94 bits per heavy atom. The molecular weight excluding hydrogens is 420 g/mol. The molecule has 0 aliphatic carbocycles. The van der Waals surface area contributed by atoms with Gasteiger partial charge >= 0.3 is 0 Å². The first-order chi connectivity index (χ1) is 15.3. The Kier molecular flexibility index (Phi) is 5.79. The maximum atomic E-state index is 6.28. The number of fused-ring (bicyclic) bond motifs is 1. The van der Waals surface area contributed by atoms with Crippen molar-refractivity contribution in [1.82, 2.24) is 9.55 Å². The Hall–Kier alpha value is -3.01. The highest BCUT2D eigenvalue weighted by atomic mass is 35.5. The van der Waals surface area contributed by atoms with Gasteiger partial charge in [-0.15, -0.1) is 0 Å². The molecule has 4 heteroatoms. The van der Waals surface area contributed by atoms with Gasteiger partial charge in [-0.25, -0.2) is 4.98 Å². The number of rotatable bonds is 6. The summed E-state index contributed by atoms with van der Waals surface area (Å²) >= 11 is 8.06. The van der Waals surface area contributed by atoms with Crippen LogP contribution in [0.25, 0.3) is 11.0 Å². The van der Waals surface area contributed by atoms with Crippen LogP contribution < -0.4 is 0 Å². The summed E-state index contributed by atoms with van der Waals surface area (Å²) in [6.45, 7) is 0.762. The highest BCUT2D eigenvalue weighted by Gasteiger charge is 2.20. The number of halogens is 1. The molecule has 0 aliphatic rings. The monoisotopic (exact) mass is 440 g/mol. The van der Waals surface area contributed by atoms with Gasteiger partial charge in [-0.3, -0.25) is 0 Å². The van der Waals surface area contributed by atoms with Crippen molar-refractivity contribution in [2.75, 3.05) is 0 Å². The molecule has 0 N–H and O–H groups in total. The number of benzene rings is 4. The van der Waals surface area contributed by atoms with E-state index in [1.165, 1.54) is 16.7 Å². The van der Waals surface area contributed by atoms with Crippen molar-refractivity contribution in [3.8, 4) is 0 Å². The summed E-state index contributed by atoms with van der Waals surface area (Å²) in [5.74, 6) is 0. The highest BCUT2D eigenvalue weighted by Crippen LogP contribution is 2.41. The molecule has 0 bridgehead atoms. The van der Waals surface area contributed by atoms with E-state index in [1.54, 1.807) is 11.8 Å². The number of hydrogen-bond acceptors (Lipinski definition) is 2. The number of aromatic nitrogens is 2. The fourth-order valence-electron chi connectivity index (χ4n) is 3.78. The SMILES string of the molecule is Clc1ccc2c(c1)nc(SC(c1ccccc1)c1ccccc1)n2Cc1ccccc1. The van der Waals surface area contributed by atoms with Crippen molar-refractivity contribution in [3.05, 3.63) is 131 Å². The van der Waals surface area contributed by atoms with Gasteiger partial charge in [0.15, 0.2) is 5.16 Å². The minimum Gasteiger partial charge on any atom is -0.314 e. The number of nitrogens with zero attached hydrogens (tertiary/aromatic N) is 2. The second-order valence-electron chi connectivity index (χ2n) is 7.42. The minimum absolute atomic E-state index is 0.143. The average Bonchev–Trinajstić information content (AvgIpc) is 3.15. The van der Waals surface area contributed by atoms with Gasteiger partial charge < -0.3 is 4.57 Å². The third-order valence-electron chi connectivity index (χ3n) is 5.29. The van der Waals surface area contributed by atoms with Gasteiger partial charge in [-0.1, -0.05) is 114 Å². The van der Waals surface area contributed by atoms with Crippen LogP contribution in [-0.4, -0.2) is 9.55 Å². The fraction of sp³-hybridized carbons (Fsp3) is 0.0741. The Bertz CT molecular complexity index is 1250. The van der Waals surface area contributed by atoms with Gasteiger partial charge in [-0.2, -0.15) is 0 Å². The van der Waals surface area contributed by atoms with Crippen LogP contribution >= 0.6 is 23.4 Å². The Morgan fingerprint density at radius 2 is 1.32 bits per heavy atom. The van der Waals surface area contributed by atoms with Crippen molar-refractivity contribution in [2.24, 2.45) is 0 Å². The molecule has 1 heterocycles. The first kappa shape index (κ1) is 19.9. The van der Waals surface area contributed by atoms with Crippen molar-refractivity contribution in [2.45, 2.75) is 17.0 Å². The largest absolute Gasteiger partial charge is 0.314 e. The van der Waals surface area contributed by atoms with Gasteiger partial charge in [-0.05, 0) is 34.9 Å². The molecule has 0 fully saturated rings.